The number of alkyl halides is 5. The molecule has 2 heterocycles. The maximum absolute atomic E-state index is 14.8. The molecule has 1 spiro atoms. The van der Waals surface area contributed by atoms with Crippen LogP contribution in [0.5, 0.6) is 0 Å². The highest BCUT2D eigenvalue weighted by molar-refractivity contribution is 6.02. The van der Waals surface area contributed by atoms with Crippen molar-refractivity contribution in [3.63, 3.8) is 0 Å². The third-order valence-corrected chi connectivity index (χ3v) is 5.21. The van der Waals surface area contributed by atoms with Gasteiger partial charge in [0.05, 0.1) is 6.42 Å². The molecule has 0 unspecified atom stereocenters. The summed E-state index contributed by atoms with van der Waals surface area (Å²) >= 11 is 0. The van der Waals surface area contributed by atoms with E-state index in [1.165, 1.54) is 18.2 Å². The highest BCUT2D eigenvalue weighted by atomic mass is 19.3. The lowest BCUT2D eigenvalue weighted by molar-refractivity contribution is -0.120. The summed E-state index contributed by atoms with van der Waals surface area (Å²) in [5, 5.41) is 2.38. The average Bonchev–Trinajstić information content (AvgIpc) is 3.09. The van der Waals surface area contributed by atoms with Gasteiger partial charge in [0.2, 0.25) is 0 Å². The van der Waals surface area contributed by atoms with Gasteiger partial charge in [-0.3, -0.25) is 9.79 Å². The molecule has 2 aromatic rings. The smallest absolute Gasteiger partial charge is 0.313 e. The summed E-state index contributed by atoms with van der Waals surface area (Å²) in [4.78, 5) is 19.3. The van der Waals surface area contributed by atoms with Crippen molar-refractivity contribution in [1.29, 1.82) is 0 Å². The van der Waals surface area contributed by atoms with Gasteiger partial charge in [-0.15, -0.1) is 0 Å². The third-order valence-electron chi connectivity index (χ3n) is 5.21. The van der Waals surface area contributed by atoms with Crippen LogP contribution < -0.4 is 11.1 Å². The van der Waals surface area contributed by atoms with E-state index in [2.05, 4.69) is 19.7 Å². The van der Waals surface area contributed by atoms with Crippen LogP contribution in [0.3, 0.4) is 0 Å². The number of hydrogen-bond acceptors (Lipinski definition) is 5. The molecule has 1 amide bonds. The average molecular weight is 414 g/mol. The molecule has 2 atom stereocenters. The number of nitrogens with zero attached hydrogens (tertiary/aromatic N) is 2. The number of fused-ring (bicyclic) bond motifs is 2. The zero-order valence-electron chi connectivity index (χ0n) is 15.0. The van der Waals surface area contributed by atoms with Gasteiger partial charge in [-0.2, -0.15) is 8.78 Å². The number of hydrogen-bond donors (Lipinski definition) is 2. The number of aromatic nitrogens is 1. The van der Waals surface area contributed by atoms with Crippen LogP contribution in [-0.4, -0.2) is 28.3 Å². The number of aliphatic imine (C=N–C) groups is 1. The fourth-order valence-corrected chi connectivity index (χ4v) is 3.63. The van der Waals surface area contributed by atoms with Crippen LogP contribution in [0, 0.1) is 0 Å². The second-order valence-corrected chi connectivity index (χ2v) is 7.31. The van der Waals surface area contributed by atoms with E-state index in [-0.39, 0.29) is 17.7 Å². The molecule has 2 aliphatic rings. The summed E-state index contributed by atoms with van der Waals surface area (Å²) in [7, 11) is 0. The summed E-state index contributed by atoms with van der Waals surface area (Å²) in [6, 6.07) is 4.27. The molecule has 1 aliphatic carbocycles. The lowest BCUT2D eigenvalue weighted by Crippen LogP contribution is -2.61. The molecule has 0 bridgehead atoms. The SMILES string of the molecule is C[C@@]1(F)CC(F)(F)[C@]2(Cc3ccc(NC(=O)c4coc(C(F)F)n4)cc32)N=C1N. The van der Waals surface area contributed by atoms with Crippen LogP contribution >= 0.6 is 0 Å². The molecule has 1 aromatic carbocycles. The molecule has 1 aromatic heterocycles. The predicted molar refractivity (Wildman–Crippen MR) is 91.9 cm³/mol. The first-order chi connectivity index (χ1) is 13.4. The number of nitrogens with one attached hydrogen (secondary N) is 1. The molecule has 0 radical (unpaired) electrons. The van der Waals surface area contributed by atoms with E-state index in [4.69, 9.17) is 5.73 Å². The Kier molecular flexibility index (Phi) is 4.01. The first kappa shape index (κ1) is 19.3. The van der Waals surface area contributed by atoms with Crippen LogP contribution in [0.2, 0.25) is 0 Å². The van der Waals surface area contributed by atoms with Gasteiger partial charge in [-0.25, -0.2) is 18.2 Å². The molecule has 4 rings (SSSR count). The van der Waals surface area contributed by atoms with Crippen molar-refractivity contribution in [1.82, 2.24) is 4.98 Å². The van der Waals surface area contributed by atoms with Gasteiger partial charge in [-0.1, -0.05) is 6.07 Å². The van der Waals surface area contributed by atoms with Crippen molar-refractivity contribution in [2.75, 3.05) is 5.32 Å². The van der Waals surface area contributed by atoms with E-state index < -0.39 is 53.3 Å². The number of carbonyl (C=O) groups is 1. The summed E-state index contributed by atoms with van der Waals surface area (Å²) in [6.07, 6.45) is -3.45. The number of rotatable bonds is 3. The zero-order valence-corrected chi connectivity index (χ0v) is 15.0. The lowest BCUT2D eigenvalue weighted by atomic mass is 9.63. The fourth-order valence-electron chi connectivity index (χ4n) is 3.63. The highest BCUT2D eigenvalue weighted by Gasteiger charge is 2.66. The molecule has 0 fully saturated rings. The van der Waals surface area contributed by atoms with Crippen molar-refractivity contribution >= 4 is 17.4 Å². The number of halogens is 5. The van der Waals surface area contributed by atoms with Gasteiger partial charge in [-0.05, 0) is 30.2 Å². The second-order valence-electron chi connectivity index (χ2n) is 7.31. The Hall–Kier alpha value is -2.98. The third kappa shape index (κ3) is 2.87. The van der Waals surface area contributed by atoms with Crippen LogP contribution in [-0.2, 0) is 12.0 Å². The van der Waals surface area contributed by atoms with Gasteiger partial charge >= 0.3 is 6.43 Å². The van der Waals surface area contributed by atoms with Gasteiger partial charge in [0.1, 0.15) is 12.1 Å². The maximum Gasteiger partial charge on any atom is 0.313 e. The highest BCUT2D eigenvalue weighted by Crippen LogP contribution is 2.57. The molecular weight excluding hydrogens is 399 g/mol. The quantitative estimate of drug-likeness (QED) is 0.749. The van der Waals surface area contributed by atoms with Crippen LogP contribution in [0.15, 0.2) is 33.9 Å². The van der Waals surface area contributed by atoms with Crippen molar-refractivity contribution in [2.45, 2.75) is 43.3 Å². The summed E-state index contributed by atoms with van der Waals surface area (Å²) in [5.74, 6) is -5.77. The Morgan fingerprint density at radius 3 is 2.69 bits per heavy atom. The molecule has 29 heavy (non-hydrogen) atoms. The number of carbonyl (C=O) groups excluding carboxylic acids is 1. The number of nitrogens with two attached hydrogens (primary N) is 1. The van der Waals surface area contributed by atoms with Crippen molar-refractivity contribution < 1.29 is 31.2 Å². The molecule has 3 N–H and O–H groups in total. The molecule has 11 heteroatoms. The molecule has 154 valence electrons. The Morgan fingerprint density at radius 1 is 1.31 bits per heavy atom. The van der Waals surface area contributed by atoms with Gasteiger partial charge < -0.3 is 15.5 Å². The number of oxazole rings is 1. The van der Waals surface area contributed by atoms with E-state index >= 15 is 0 Å². The maximum atomic E-state index is 14.8. The summed E-state index contributed by atoms with van der Waals surface area (Å²) < 4.78 is 73.4. The largest absolute Gasteiger partial charge is 0.443 e. The molecule has 0 saturated heterocycles. The standard InChI is InChI=1S/C18H15F5N4O2/c1-16(21)7-18(22,23)17(27-15(16)24)5-8-2-3-9(4-10(8)17)25-13(28)11-6-29-14(26-11)12(19)20/h2-4,6,12H,5,7H2,1H3,(H2,24,27)(H,25,28)/t16-,17-/m1/s1. The Balaban J connectivity index is 1.64. The first-order valence-electron chi connectivity index (χ1n) is 8.56. The molecule has 0 saturated carbocycles. The number of amides is 1. The van der Waals surface area contributed by atoms with E-state index in [0.717, 1.165) is 13.2 Å². The van der Waals surface area contributed by atoms with E-state index in [1.54, 1.807) is 0 Å². The monoisotopic (exact) mass is 414 g/mol. The summed E-state index contributed by atoms with van der Waals surface area (Å²) in [5.41, 5.74) is 1.56. The lowest BCUT2D eigenvalue weighted by Gasteiger charge is -2.50. The van der Waals surface area contributed by atoms with E-state index in [9.17, 15) is 26.7 Å². The normalized spacial score (nSPS) is 27.3. The van der Waals surface area contributed by atoms with Crippen molar-refractivity contribution in [2.24, 2.45) is 10.7 Å². The van der Waals surface area contributed by atoms with Crippen molar-refractivity contribution in [3.8, 4) is 0 Å². The Morgan fingerprint density at radius 2 is 2.03 bits per heavy atom. The fraction of sp³-hybridized carbons (Fsp3) is 0.389. The van der Waals surface area contributed by atoms with Gasteiger partial charge in [0.25, 0.3) is 17.7 Å². The predicted octanol–water partition coefficient (Wildman–Crippen LogP) is 3.74. The summed E-state index contributed by atoms with van der Waals surface area (Å²) in [6.45, 7) is 0.953. The van der Waals surface area contributed by atoms with Crippen molar-refractivity contribution in [3.05, 3.63) is 47.2 Å². The van der Waals surface area contributed by atoms with Crippen LogP contribution in [0.4, 0.5) is 27.6 Å². The van der Waals surface area contributed by atoms with E-state index in [0.29, 0.717) is 5.56 Å². The number of benzene rings is 1. The topological polar surface area (TPSA) is 93.5 Å². The number of anilines is 1. The second kappa shape index (κ2) is 6.01. The van der Waals surface area contributed by atoms with Gasteiger partial charge in [0.15, 0.2) is 16.9 Å². The minimum atomic E-state index is -3.49. The molecular formula is C18H15F5N4O2. The van der Waals surface area contributed by atoms with Crippen LogP contribution in [0.1, 0.15) is 47.3 Å². The Bertz CT molecular complexity index is 1030. The Labute approximate surface area is 161 Å². The first-order valence-corrected chi connectivity index (χ1v) is 8.56. The minimum absolute atomic E-state index is 0.118. The zero-order chi connectivity index (χ0) is 21.2. The molecule has 1 aliphatic heterocycles. The minimum Gasteiger partial charge on any atom is -0.443 e. The number of amidine groups is 1. The van der Waals surface area contributed by atoms with Gasteiger partial charge in [0, 0.05) is 12.1 Å². The van der Waals surface area contributed by atoms with Crippen LogP contribution in [0.25, 0.3) is 0 Å². The molecule has 6 nitrogen and oxygen atoms in total. The van der Waals surface area contributed by atoms with E-state index in [1.807, 2.05) is 0 Å².